The lowest BCUT2D eigenvalue weighted by Crippen LogP contribution is -2.11. The van der Waals surface area contributed by atoms with Crippen LogP contribution in [0.25, 0.3) is 0 Å². The van der Waals surface area contributed by atoms with E-state index in [0.29, 0.717) is 6.04 Å². The van der Waals surface area contributed by atoms with Crippen LogP contribution < -0.4 is 5.32 Å². The Morgan fingerprint density at radius 1 is 1.29 bits per heavy atom. The molecule has 1 saturated carbocycles. The molecule has 4 heteroatoms. The number of rotatable bonds is 4. The molecule has 3 rings (SSSR count). The summed E-state index contributed by atoms with van der Waals surface area (Å²) in [5, 5.41) is 3.45. The van der Waals surface area contributed by atoms with Gasteiger partial charge >= 0.3 is 0 Å². The predicted molar refractivity (Wildman–Crippen MR) is 66.8 cm³/mol. The third-order valence-corrected chi connectivity index (χ3v) is 3.16. The highest BCUT2D eigenvalue weighted by molar-refractivity contribution is 5.33. The van der Waals surface area contributed by atoms with Gasteiger partial charge in [0.25, 0.3) is 0 Å². The van der Waals surface area contributed by atoms with Crippen molar-refractivity contribution in [2.45, 2.75) is 31.8 Å². The fraction of sp³-hybridized carbons (Fsp3) is 0.385. The quantitative estimate of drug-likeness (QED) is 0.875. The first-order valence-corrected chi connectivity index (χ1v) is 6.04. The monoisotopic (exact) mass is 228 g/mol. The number of hydrogen-bond acceptors (Lipinski definition) is 3. The molecule has 1 N–H and O–H groups in total. The van der Waals surface area contributed by atoms with Crippen molar-refractivity contribution < 1.29 is 0 Å². The largest absolute Gasteiger partial charge is 0.349 e. The van der Waals surface area contributed by atoms with Crippen molar-refractivity contribution in [1.82, 2.24) is 14.5 Å². The highest BCUT2D eigenvalue weighted by Crippen LogP contribution is 2.37. The van der Waals surface area contributed by atoms with Gasteiger partial charge in [-0.25, -0.2) is 4.98 Å². The fourth-order valence-corrected chi connectivity index (χ4v) is 2.00. The van der Waals surface area contributed by atoms with E-state index in [4.69, 9.17) is 0 Å². The number of aromatic nitrogens is 3. The van der Waals surface area contributed by atoms with Crippen LogP contribution in [0.3, 0.4) is 0 Å². The normalized spacial score (nSPS) is 16.8. The summed E-state index contributed by atoms with van der Waals surface area (Å²) in [6, 6.07) is 4.96. The molecule has 0 aromatic carbocycles. The molecule has 2 heterocycles. The predicted octanol–water partition coefficient (Wildman–Crippen LogP) is 2.79. The molecule has 0 amide bonds. The van der Waals surface area contributed by atoms with Gasteiger partial charge in [0.2, 0.25) is 5.95 Å². The number of nitrogens with one attached hydrogen (secondary N) is 1. The Morgan fingerprint density at radius 2 is 2.06 bits per heavy atom. The molecule has 0 aliphatic heterocycles. The van der Waals surface area contributed by atoms with Crippen molar-refractivity contribution >= 4 is 5.95 Å². The molecule has 0 saturated heterocycles. The molecule has 4 nitrogen and oxygen atoms in total. The zero-order chi connectivity index (χ0) is 11.7. The van der Waals surface area contributed by atoms with Gasteiger partial charge in [0.1, 0.15) is 0 Å². The Hall–Kier alpha value is -1.84. The summed E-state index contributed by atoms with van der Waals surface area (Å²) in [5.41, 5.74) is 1.23. The lowest BCUT2D eigenvalue weighted by atomic mass is 10.1. The van der Waals surface area contributed by atoms with E-state index in [0.717, 1.165) is 5.95 Å². The Kier molecular flexibility index (Phi) is 2.55. The molecule has 2 aromatic heterocycles. The first-order valence-electron chi connectivity index (χ1n) is 6.04. The Balaban J connectivity index is 1.76. The summed E-state index contributed by atoms with van der Waals surface area (Å²) >= 11 is 0. The van der Waals surface area contributed by atoms with Crippen LogP contribution in [0.5, 0.6) is 0 Å². The molecule has 1 aliphatic rings. The molecular formula is C13H16N4. The van der Waals surface area contributed by atoms with Crippen molar-refractivity contribution in [3.63, 3.8) is 0 Å². The van der Waals surface area contributed by atoms with Gasteiger partial charge in [-0.3, -0.25) is 4.98 Å². The van der Waals surface area contributed by atoms with Crippen LogP contribution >= 0.6 is 0 Å². The second-order valence-corrected chi connectivity index (χ2v) is 4.54. The number of imidazole rings is 1. The van der Waals surface area contributed by atoms with E-state index in [1.165, 1.54) is 18.4 Å². The van der Waals surface area contributed by atoms with E-state index in [9.17, 15) is 0 Å². The minimum Gasteiger partial charge on any atom is -0.349 e. The number of nitrogens with zero attached hydrogens (tertiary/aromatic N) is 3. The van der Waals surface area contributed by atoms with Crippen molar-refractivity contribution in [3.05, 3.63) is 42.5 Å². The van der Waals surface area contributed by atoms with Crippen molar-refractivity contribution in [3.8, 4) is 0 Å². The third-order valence-electron chi connectivity index (χ3n) is 3.16. The van der Waals surface area contributed by atoms with E-state index in [1.54, 1.807) is 0 Å². The summed E-state index contributed by atoms with van der Waals surface area (Å²) in [4.78, 5) is 8.41. The van der Waals surface area contributed by atoms with Crippen LogP contribution in [0.2, 0.25) is 0 Å². The second-order valence-electron chi connectivity index (χ2n) is 4.54. The smallest absolute Gasteiger partial charge is 0.203 e. The highest BCUT2D eigenvalue weighted by atomic mass is 15.2. The second kappa shape index (κ2) is 4.20. The summed E-state index contributed by atoms with van der Waals surface area (Å²) in [7, 11) is 0. The molecule has 17 heavy (non-hydrogen) atoms. The average Bonchev–Trinajstić information content (AvgIpc) is 3.11. The van der Waals surface area contributed by atoms with Gasteiger partial charge in [0.15, 0.2) is 0 Å². The lowest BCUT2D eigenvalue weighted by molar-refractivity contribution is 0.727. The van der Waals surface area contributed by atoms with Crippen LogP contribution in [0.1, 0.15) is 37.4 Å². The van der Waals surface area contributed by atoms with Gasteiger partial charge < -0.3 is 9.88 Å². The Bertz CT molecular complexity index is 487. The highest BCUT2D eigenvalue weighted by Gasteiger charge is 2.25. The van der Waals surface area contributed by atoms with Crippen molar-refractivity contribution in [2.75, 3.05) is 5.32 Å². The minimum absolute atomic E-state index is 0.248. The molecule has 1 aliphatic carbocycles. The Morgan fingerprint density at radius 3 is 2.76 bits per heavy atom. The molecule has 0 radical (unpaired) electrons. The molecule has 2 aromatic rings. The first-order chi connectivity index (χ1) is 8.34. The van der Waals surface area contributed by atoms with Crippen LogP contribution in [-0.4, -0.2) is 14.5 Å². The number of hydrogen-bond donors (Lipinski definition) is 1. The van der Waals surface area contributed by atoms with Crippen molar-refractivity contribution in [1.29, 1.82) is 0 Å². The van der Waals surface area contributed by atoms with Gasteiger partial charge in [-0.15, -0.1) is 0 Å². The van der Waals surface area contributed by atoms with E-state index in [-0.39, 0.29) is 6.04 Å². The van der Waals surface area contributed by atoms with E-state index in [2.05, 4.69) is 33.0 Å². The maximum atomic E-state index is 4.38. The van der Waals surface area contributed by atoms with Crippen LogP contribution in [0.4, 0.5) is 5.95 Å². The number of anilines is 1. The van der Waals surface area contributed by atoms with Crippen LogP contribution in [-0.2, 0) is 0 Å². The zero-order valence-electron chi connectivity index (χ0n) is 9.87. The Labute approximate surface area is 101 Å². The molecule has 0 spiro atoms. The molecular weight excluding hydrogens is 212 g/mol. The summed E-state index contributed by atoms with van der Waals surface area (Å²) in [5.74, 6) is 0.969. The van der Waals surface area contributed by atoms with Gasteiger partial charge in [-0.2, -0.15) is 0 Å². The minimum atomic E-state index is 0.248. The lowest BCUT2D eigenvalue weighted by Gasteiger charge is -2.15. The zero-order valence-corrected chi connectivity index (χ0v) is 9.87. The van der Waals surface area contributed by atoms with Gasteiger partial charge in [-0.05, 0) is 37.5 Å². The molecule has 1 unspecified atom stereocenters. The summed E-state index contributed by atoms with van der Waals surface area (Å²) in [6.07, 6.45) is 10.1. The molecule has 88 valence electrons. The first kappa shape index (κ1) is 10.3. The maximum absolute atomic E-state index is 4.38. The van der Waals surface area contributed by atoms with E-state index < -0.39 is 0 Å². The van der Waals surface area contributed by atoms with Gasteiger partial charge in [0.05, 0.1) is 6.04 Å². The van der Waals surface area contributed by atoms with Crippen LogP contribution in [0, 0.1) is 0 Å². The summed E-state index contributed by atoms with van der Waals surface area (Å²) in [6.45, 7) is 2.14. The maximum Gasteiger partial charge on any atom is 0.203 e. The van der Waals surface area contributed by atoms with Gasteiger partial charge in [-0.1, -0.05) is 0 Å². The van der Waals surface area contributed by atoms with E-state index >= 15 is 0 Å². The third kappa shape index (κ3) is 2.16. The molecule has 0 bridgehead atoms. The molecule has 1 atom stereocenters. The SMILES string of the molecule is CC(Nc1nccn1C1CC1)c1ccncc1. The fourth-order valence-electron chi connectivity index (χ4n) is 2.00. The number of pyridine rings is 1. The van der Waals surface area contributed by atoms with Gasteiger partial charge in [0, 0.05) is 30.8 Å². The van der Waals surface area contributed by atoms with Crippen LogP contribution in [0.15, 0.2) is 36.9 Å². The standard InChI is InChI=1S/C13H16N4/c1-10(11-4-6-14-7-5-11)16-13-15-8-9-17(13)12-2-3-12/h4-10,12H,2-3H2,1H3,(H,15,16). The summed E-state index contributed by atoms with van der Waals surface area (Å²) < 4.78 is 2.23. The topological polar surface area (TPSA) is 42.7 Å². The molecule has 1 fully saturated rings. The average molecular weight is 228 g/mol. The van der Waals surface area contributed by atoms with Crippen molar-refractivity contribution in [2.24, 2.45) is 0 Å². The van der Waals surface area contributed by atoms with E-state index in [1.807, 2.05) is 30.7 Å².